The highest BCUT2D eigenvalue weighted by molar-refractivity contribution is 4.98. The minimum Gasteiger partial charge on any atom is -0.330 e. The molecule has 0 aliphatic rings. The van der Waals surface area contributed by atoms with Crippen molar-refractivity contribution < 1.29 is 0 Å². The Hall–Kier alpha value is -0.300. The topological polar surface area (TPSA) is 26.0 Å². The number of rotatable bonds is 3. The van der Waals surface area contributed by atoms with Crippen LogP contribution in [0.2, 0.25) is 0 Å². The van der Waals surface area contributed by atoms with Crippen molar-refractivity contribution >= 4 is 0 Å². The molecule has 0 rings (SSSR count). The van der Waals surface area contributed by atoms with Gasteiger partial charge in [0.05, 0.1) is 0 Å². The molecule has 0 aromatic rings. The second-order valence-electron chi connectivity index (χ2n) is 1.84. The lowest BCUT2D eigenvalue weighted by atomic mass is 10.1. The van der Waals surface area contributed by atoms with Crippen LogP contribution in [-0.2, 0) is 0 Å². The Balaban J connectivity index is 0. The van der Waals surface area contributed by atoms with Crippen molar-refractivity contribution in [2.24, 2.45) is 5.73 Å². The fourth-order valence-corrected chi connectivity index (χ4v) is 0.711. The molecule has 0 aliphatic carbocycles. The van der Waals surface area contributed by atoms with E-state index in [0.717, 1.165) is 19.4 Å². The first kappa shape index (κ1) is 12.4. The second-order valence-corrected chi connectivity index (χ2v) is 1.84. The Kier molecular flexibility index (Phi) is 14.2. The molecule has 10 heavy (non-hydrogen) atoms. The van der Waals surface area contributed by atoms with Gasteiger partial charge in [0.2, 0.25) is 0 Å². The molecule has 0 bridgehead atoms. The highest BCUT2D eigenvalue weighted by Gasteiger charge is 1.86. The number of hydrogen-bond acceptors (Lipinski definition) is 1. The smallest absolute Gasteiger partial charge is 0.00399 e. The molecular weight excluding hydrogens is 122 g/mol. The number of nitrogens with two attached hydrogens (primary N) is 1. The first-order valence-electron chi connectivity index (χ1n) is 4.19. The Morgan fingerprint density at radius 2 is 1.90 bits per heavy atom. The molecule has 1 heteroatoms. The maximum absolute atomic E-state index is 5.34. The van der Waals surface area contributed by atoms with E-state index in [-0.39, 0.29) is 0 Å². The molecular formula is C9H21N. The molecule has 1 nitrogen and oxygen atoms in total. The van der Waals surface area contributed by atoms with Crippen LogP contribution in [0.3, 0.4) is 0 Å². The molecule has 0 saturated heterocycles. The lowest BCUT2D eigenvalue weighted by Crippen LogP contribution is -1.99. The zero-order valence-corrected chi connectivity index (χ0v) is 7.78. The number of hydrogen-bond donors (Lipinski definition) is 1. The molecule has 0 aromatic carbocycles. The largest absolute Gasteiger partial charge is 0.330 e. The summed E-state index contributed by atoms with van der Waals surface area (Å²) in [5.74, 6) is 0. The normalized spacial score (nSPS) is 10.3. The van der Waals surface area contributed by atoms with Crippen LogP contribution in [0.5, 0.6) is 0 Å². The Morgan fingerprint density at radius 1 is 1.40 bits per heavy atom. The highest BCUT2D eigenvalue weighted by atomic mass is 14.5. The summed E-state index contributed by atoms with van der Waals surface area (Å²) in [5.41, 5.74) is 6.80. The van der Waals surface area contributed by atoms with Crippen molar-refractivity contribution in [3.63, 3.8) is 0 Å². The highest BCUT2D eigenvalue weighted by Crippen LogP contribution is 2.02. The van der Waals surface area contributed by atoms with E-state index >= 15 is 0 Å². The van der Waals surface area contributed by atoms with Crippen LogP contribution in [0.15, 0.2) is 11.6 Å². The predicted molar refractivity (Wildman–Crippen MR) is 49.1 cm³/mol. The summed E-state index contributed by atoms with van der Waals surface area (Å²) < 4.78 is 0. The van der Waals surface area contributed by atoms with Crippen LogP contribution in [0.25, 0.3) is 0 Å². The van der Waals surface area contributed by atoms with Gasteiger partial charge in [-0.3, -0.25) is 0 Å². The summed E-state index contributed by atoms with van der Waals surface area (Å²) in [5, 5.41) is 0. The van der Waals surface area contributed by atoms with Crippen molar-refractivity contribution in [1.29, 1.82) is 0 Å². The van der Waals surface area contributed by atoms with Crippen LogP contribution in [0.1, 0.15) is 40.5 Å². The van der Waals surface area contributed by atoms with Crippen molar-refractivity contribution in [3.05, 3.63) is 11.6 Å². The number of allylic oxidation sites excluding steroid dienone is 1. The van der Waals surface area contributed by atoms with Gasteiger partial charge in [0, 0.05) is 0 Å². The Bertz CT molecular complexity index is 74.8. The van der Waals surface area contributed by atoms with Crippen molar-refractivity contribution in [2.75, 3.05) is 6.54 Å². The van der Waals surface area contributed by atoms with Crippen LogP contribution < -0.4 is 5.73 Å². The van der Waals surface area contributed by atoms with E-state index in [9.17, 15) is 0 Å². The summed E-state index contributed by atoms with van der Waals surface area (Å²) in [6.07, 6.45) is 4.35. The van der Waals surface area contributed by atoms with Gasteiger partial charge in [-0.15, -0.1) is 0 Å². The van der Waals surface area contributed by atoms with Gasteiger partial charge in [0.15, 0.2) is 0 Å². The minimum absolute atomic E-state index is 0.785. The zero-order valence-electron chi connectivity index (χ0n) is 7.78. The van der Waals surface area contributed by atoms with Gasteiger partial charge < -0.3 is 5.73 Å². The van der Waals surface area contributed by atoms with E-state index in [2.05, 4.69) is 19.9 Å². The average Bonchev–Trinajstić information content (AvgIpc) is 2.04. The van der Waals surface area contributed by atoms with E-state index in [1.54, 1.807) is 0 Å². The zero-order chi connectivity index (χ0) is 8.41. The van der Waals surface area contributed by atoms with Crippen molar-refractivity contribution in [1.82, 2.24) is 0 Å². The third-order valence-corrected chi connectivity index (χ3v) is 1.33. The Labute approximate surface area is 65.3 Å². The Morgan fingerprint density at radius 3 is 2.00 bits per heavy atom. The van der Waals surface area contributed by atoms with Gasteiger partial charge in [-0.05, 0) is 26.3 Å². The molecule has 0 heterocycles. The molecule has 0 amide bonds. The van der Waals surface area contributed by atoms with Crippen molar-refractivity contribution in [3.8, 4) is 0 Å². The van der Waals surface area contributed by atoms with Crippen LogP contribution in [0, 0.1) is 0 Å². The van der Waals surface area contributed by atoms with Crippen molar-refractivity contribution in [2.45, 2.75) is 40.5 Å². The van der Waals surface area contributed by atoms with E-state index < -0.39 is 0 Å². The van der Waals surface area contributed by atoms with Gasteiger partial charge >= 0.3 is 0 Å². The second kappa shape index (κ2) is 11.5. The molecule has 0 aliphatic heterocycles. The molecule has 0 radical (unpaired) electrons. The fraction of sp³-hybridized carbons (Fsp3) is 0.778. The molecule has 0 unspecified atom stereocenters. The summed E-state index contributed by atoms with van der Waals surface area (Å²) >= 11 is 0. The lowest BCUT2D eigenvalue weighted by Gasteiger charge is -1.97. The SMILES string of the molecule is C/C=C(/CC)CCN.CC. The minimum atomic E-state index is 0.785. The summed E-state index contributed by atoms with van der Waals surface area (Å²) in [6.45, 7) is 9.01. The molecule has 0 spiro atoms. The summed E-state index contributed by atoms with van der Waals surface area (Å²) in [7, 11) is 0. The van der Waals surface area contributed by atoms with E-state index in [4.69, 9.17) is 5.73 Å². The van der Waals surface area contributed by atoms with Crippen LogP contribution in [0.4, 0.5) is 0 Å². The van der Waals surface area contributed by atoms with Gasteiger partial charge in [0.1, 0.15) is 0 Å². The van der Waals surface area contributed by atoms with E-state index in [0.29, 0.717) is 0 Å². The first-order valence-corrected chi connectivity index (χ1v) is 4.19. The fourth-order valence-electron chi connectivity index (χ4n) is 0.711. The average molecular weight is 143 g/mol. The van der Waals surface area contributed by atoms with E-state index in [1.165, 1.54) is 5.57 Å². The maximum Gasteiger partial charge on any atom is -0.00399 e. The van der Waals surface area contributed by atoms with E-state index in [1.807, 2.05) is 13.8 Å². The van der Waals surface area contributed by atoms with Gasteiger partial charge in [0.25, 0.3) is 0 Å². The third-order valence-electron chi connectivity index (χ3n) is 1.33. The molecule has 0 fully saturated rings. The third kappa shape index (κ3) is 7.70. The monoisotopic (exact) mass is 143 g/mol. The van der Waals surface area contributed by atoms with Crippen LogP contribution >= 0.6 is 0 Å². The molecule has 0 aromatic heterocycles. The standard InChI is InChI=1S/C7H15N.C2H6/c1-3-7(4-2)5-6-8;1-2/h3H,4-6,8H2,1-2H3;1-2H3/b7-3-;. The summed E-state index contributed by atoms with van der Waals surface area (Å²) in [4.78, 5) is 0. The summed E-state index contributed by atoms with van der Waals surface area (Å²) in [6, 6.07) is 0. The maximum atomic E-state index is 5.34. The van der Waals surface area contributed by atoms with Gasteiger partial charge in [-0.25, -0.2) is 0 Å². The molecule has 62 valence electrons. The van der Waals surface area contributed by atoms with Gasteiger partial charge in [-0.1, -0.05) is 32.4 Å². The van der Waals surface area contributed by atoms with Crippen LogP contribution in [-0.4, -0.2) is 6.54 Å². The van der Waals surface area contributed by atoms with Gasteiger partial charge in [-0.2, -0.15) is 0 Å². The quantitative estimate of drug-likeness (QED) is 0.604. The first-order chi connectivity index (χ1) is 4.85. The molecule has 0 saturated carbocycles. The predicted octanol–water partition coefficient (Wildman–Crippen LogP) is 2.72. The molecule has 0 atom stereocenters. The lowest BCUT2D eigenvalue weighted by molar-refractivity contribution is 0.891. The molecule has 2 N–H and O–H groups in total.